The predicted octanol–water partition coefficient (Wildman–Crippen LogP) is 2.16. The fraction of sp³-hybridized carbons (Fsp3) is 0.300. The van der Waals surface area contributed by atoms with E-state index in [9.17, 15) is 4.79 Å². The Morgan fingerprint density at radius 2 is 2.00 bits per heavy atom. The Hall–Kier alpha value is -3.62. The second-order valence-corrected chi connectivity index (χ2v) is 6.89. The molecule has 29 heavy (non-hydrogen) atoms. The molecule has 0 radical (unpaired) electrons. The van der Waals surface area contributed by atoms with Crippen molar-refractivity contribution >= 4 is 23.7 Å². The molecule has 0 aliphatic carbocycles. The Morgan fingerprint density at radius 1 is 1.17 bits per heavy atom. The lowest BCUT2D eigenvalue weighted by Gasteiger charge is -2.32. The Morgan fingerprint density at radius 3 is 2.79 bits per heavy atom. The predicted molar refractivity (Wildman–Crippen MR) is 108 cm³/mol. The number of nitrogens with zero attached hydrogens (tertiary/aromatic N) is 7. The van der Waals surface area contributed by atoms with E-state index >= 15 is 0 Å². The molecule has 0 bridgehead atoms. The van der Waals surface area contributed by atoms with E-state index < -0.39 is 0 Å². The molecule has 148 valence electrons. The number of anilines is 2. The van der Waals surface area contributed by atoms with Crippen molar-refractivity contribution < 1.29 is 4.79 Å². The van der Waals surface area contributed by atoms with Crippen LogP contribution in [0, 0.1) is 0 Å². The smallest absolute Gasteiger partial charge is 0.246 e. The molecule has 4 heterocycles. The number of aromatic nitrogens is 6. The number of carbonyl (C=O) groups is 1. The summed E-state index contributed by atoms with van der Waals surface area (Å²) in [5.74, 6) is 1.18. The molecule has 1 fully saturated rings. The summed E-state index contributed by atoms with van der Waals surface area (Å²) in [5.41, 5.74) is 1.73. The third-order valence-electron chi connectivity index (χ3n) is 4.79. The fourth-order valence-corrected chi connectivity index (χ4v) is 3.41. The molecule has 1 aliphatic heterocycles. The molecular formula is C20H22N8O. The van der Waals surface area contributed by atoms with Gasteiger partial charge >= 0.3 is 0 Å². The highest BCUT2D eigenvalue weighted by Gasteiger charge is 2.27. The average molecular weight is 390 g/mol. The van der Waals surface area contributed by atoms with Crippen LogP contribution in [0.15, 0.2) is 49.3 Å². The van der Waals surface area contributed by atoms with Crippen molar-refractivity contribution in [3.05, 3.63) is 60.6 Å². The molecule has 9 nitrogen and oxygen atoms in total. The summed E-state index contributed by atoms with van der Waals surface area (Å²) in [5, 5.41) is 7.25. The van der Waals surface area contributed by atoms with E-state index in [0.29, 0.717) is 18.3 Å². The first-order valence-electron chi connectivity index (χ1n) is 9.49. The van der Waals surface area contributed by atoms with Gasteiger partial charge in [-0.1, -0.05) is 0 Å². The lowest BCUT2D eigenvalue weighted by atomic mass is 9.94. The van der Waals surface area contributed by atoms with Crippen LogP contribution >= 0.6 is 0 Å². The fourth-order valence-electron chi connectivity index (χ4n) is 3.41. The van der Waals surface area contributed by atoms with Crippen LogP contribution in [0.2, 0.25) is 0 Å². The third kappa shape index (κ3) is 4.63. The molecule has 9 heteroatoms. The SMILES string of the molecule is Cn1cc(/C=C/C(=O)N2CCC[C@H](c3nccnc3Nc3ncccn3)C2)cn1. The van der Waals surface area contributed by atoms with Gasteiger partial charge in [-0.25, -0.2) is 15.0 Å². The first-order chi connectivity index (χ1) is 14.2. The van der Waals surface area contributed by atoms with E-state index in [-0.39, 0.29) is 11.8 Å². The van der Waals surface area contributed by atoms with Gasteiger partial charge in [0.2, 0.25) is 11.9 Å². The normalized spacial score (nSPS) is 16.9. The first-order valence-corrected chi connectivity index (χ1v) is 9.49. The minimum Gasteiger partial charge on any atom is -0.338 e. The van der Waals surface area contributed by atoms with Crippen LogP contribution in [-0.2, 0) is 11.8 Å². The summed E-state index contributed by atoms with van der Waals surface area (Å²) >= 11 is 0. The minimum absolute atomic E-state index is 0.0108. The molecule has 1 saturated heterocycles. The summed E-state index contributed by atoms with van der Waals surface area (Å²) in [6.45, 7) is 1.33. The largest absolute Gasteiger partial charge is 0.338 e. The van der Waals surface area contributed by atoms with Gasteiger partial charge in [0, 0.05) is 68.7 Å². The number of carbonyl (C=O) groups excluding carboxylic acids is 1. The summed E-state index contributed by atoms with van der Waals surface area (Å²) in [7, 11) is 1.85. The second-order valence-electron chi connectivity index (χ2n) is 6.89. The van der Waals surface area contributed by atoms with Gasteiger partial charge in [0.05, 0.1) is 11.9 Å². The Balaban J connectivity index is 1.47. The highest BCUT2D eigenvalue weighted by Crippen LogP contribution is 2.30. The summed E-state index contributed by atoms with van der Waals surface area (Å²) in [6.07, 6.45) is 15.5. The molecule has 1 N–H and O–H groups in total. The Bertz CT molecular complexity index is 1000. The molecule has 0 unspecified atom stereocenters. The van der Waals surface area contributed by atoms with Crippen LogP contribution in [0.25, 0.3) is 6.08 Å². The van der Waals surface area contributed by atoms with Gasteiger partial charge in [0.25, 0.3) is 0 Å². The van der Waals surface area contributed by atoms with E-state index in [1.54, 1.807) is 53.9 Å². The van der Waals surface area contributed by atoms with Crippen LogP contribution in [-0.4, -0.2) is 53.6 Å². The van der Waals surface area contributed by atoms with Gasteiger partial charge in [-0.2, -0.15) is 5.10 Å². The second kappa shape index (κ2) is 8.59. The molecule has 0 spiro atoms. The van der Waals surface area contributed by atoms with Crippen molar-refractivity contribution in [2.45, 2.75) is 18.8 Å². The van der Waals surface area contributed by atoms with Gasteiger partial charge in [0.15, 0.2) is 5.82 Å². The van der Waals surface area contributed by atoms with Gasteiger partial charge in [-0.05, 0) is 25.0 Å². The van der Waals surface area contributed by atoms with E-state index in [1.165, 1.54) is 0 Å². The number of likely N-dealkylation sites (tertiary alicyclic amines) is 1. The van der Waals surface area contributed by atoms with Crippen LogP contribution in [0.3, 0.4) is 0 Å². The molecule has 0 aromatic carbocycles. The van der Waals surface area contributed by atoms with Crippen molar-refractivity contribution in [3.63, 3.8) is 0 Å². The Kier molecular flexibility index (Phi) is 5.55. The summed E-state index contributed by atoms with van der Waals surface area (Å²) in [4.78, 5) is 31.9. The van der Waals surface area contributed by atoms with Gasteiger partial charge in [-0.3, -0.25) is 14.5 Å². The maximum atomic E-state index is 12.7. The van der Waals surface area contributed by atoms with Crippen molar-refractivity contribution in [1.82, 2.24) is 34.6 Å². The van der Waals surface area contributed by atoms with E-state index in [2.05, 4.69) is 30.4 Å². The van der Waals surface area contributed by atoms with Crippen molar-refractivity contribution in [2.24, 2.45) is 7.05 Å². The molecule has 3 aromatic rings. The maximum absolute atomic E-state index is 12.7. The van der Waals surface area contributed by atoms with Crippen LogP contribution in [0.5, 0.6) is 0 Å². The van der Waals surface area contributed by atoms with Gasteiger partial charge < -0.3 is 10.2 Å². The molecule has 1 atom stereocenters. The molecule has 0 saturated carbocycles. The zero-order chi connectivity index (χ0) is 20.1. The quantitative estimate of drug-likeness (QED) is 0.666. The van der Waals surface area contributed by atoms with Gasteiger partial charge in [0.1, 0.15) is 0 Å². The zero-order valence-corrected chi connectivity index (χ0v) is 16.1. The molecule has 3 aromatic heterocycles. The van der Waals surface area contributed by atoms with E-state index in [1.807, 2.05) is 18.1 Å². The van der Waals surface area contributed by atoms with Crippen LogP contribution in [0.1, 0.15) is 30.0 Å². The first kappa shape index (κ1) is 18.7. The highest BCUT2D eigenvalue weighted by molar-refractivity contribution is 5.91. The summed E-state index contributed by atoms with van der Waals surface area (Å²) < 4.78 is 1.71. The third-order valence-corrected chi connectivity index (χ3v) is 4.79. The zero-order valence-electron chi connectivity index (χ0n) is 16.1. The van der Waals surface area contributed by atoms with E-state index in [0.717, 1.165) is 30.6 Å². The number of nitrogens with one attached hydrogen (secondary N) is 1. The van der Waals surface area contributed by atoms with Crippen LogP contribution in [0.4, 0.5) is 11.8 Å². The number of aryl methyl sites for hydroxylation is 1. The lowest BCUT2D eigenvalue weighted by Crippen LogP contribution is -2.38. The van der Waals surface area contributed by atoms with E-state index in [4.69, 9.17) is 0 Å². The average Bonchev–Trinajstić information content (AvgIpc) is 3.18. The van der Waals surface area contributed by atoms with Crippen molar-refractivity contribution in [1.29, 1.82) is 0 Å². The number of amides is 1. The van der Waals surface area contributed by atoms with Crippen molar-refractivity contribution in [3.8, 4) is 0 Å². The number of hydrogen-bond acceptors (Lipinski definition) is 7. The maximum Gasteiger partial charge on any atom is 0.246 e. The highest BCUT2D eigenvalue weighted by atomic mass is 16.2. The van der Waals surface area contributed by atoms with Crippen LogP contribution < -0.4 is 5.32 Å². The lowest BCUT2D eigenvalue weighted by molar-refractivity contribution is -0.127. The van der Waals surface area contributed by atoms with Crippen molar-refractivity contribution in [2.75, 3.05) is 18.4 Å². The standard InChI is InChI=1S/C20H22N8O/c1-27-13-15(12-25-27)5-6-17(29)28-11-2-4-16(14-28)18-19(22-10-9-21-18)26-20-23-7-3-8-24-20/h3,5-10,12-13,16H,2,4,11,14H2,1H3,(H,22,23,24,26)/b6-5+/t16-/m0/s1. The number of piperidine rings is 1. The topological polar surface area (TPSA) is 102 Å². The van der Waals surface area contributed by atoms with Gasteiger partial charge in [-0.15, -0.1) is 0 Å². The molecule has 1 aliphatic rings. The minimum atomic E-state index is -0.0108. The monoisotopic (exact) mass is 390 g/mol. The molecule has 1 amide bonds. The molecule has 4 rings (SSSR count). The molecular weight excluding hydrogens is 368 g/mol. The number of hydrogen-bond donors (Lipinski definition) is 1. The summed E-state index contributed by atoms with van der Waals surface area (Å²) in [6, 6.07) is 1.76. The Labute approximate surface area is 168 Å². The number of rotatable bonds is 5.